The molecule has 1 aromatic carbocycles. The molecule has 2 aromatic rings. The maximum atomic E-state index is 10.3. The summed E-state index contributed by atoms with van der Waals surface area (Å²) in [6, 6.07) is 3.59. The van der Waals surface area contributed by atoms with E-state index < -0.39 is 0 Å². The van der Waals surface area contributed by atoms with Crippen LogP contribution in [0.15, 0.2) is 12.1 Å². The van der Waals surface area contributed by atoms with Crippen molar-refractivity contribution in [3.63, 3.8) is 0 Å². The molecule has 0 saturated carbocycles. The van der Waals surface area contributed by atoms with Gasteiger partial charge in [-0.2, -0.15) is 5.21 Å². The number of aromatic nitrogens is 4. The number of hydrogen-bond acceptors (Lipinski definition) is 6. The Labute approximate surface area is 231 Å². The molecule has 164 valence electrons. The number of aromatic amines is 1. The fourth-order valence-electron chi connectivity index (χ4n) is 3.24. The van der Waals surface area contributed by atoms with Crippen molar-refractivity contribution < 1.29 is 14.6 Å². The van der Waals surface area contributed by atoms with Crippen LogP contribution in [0.1, 0.15) is 84.0 Å². The zero-order valence-electron chi connectivity index (χ0n) is 20.3. The average molecular weight is 451 g/mol. The molecule has 31 heavy (non-hydrogen) atoms. The maximum Gasteiger partial charge on any atom is 0.180 e. The quantitative estimate of drug-likeness (QED) is 0.331. The van der Waals surface area contributed by atoms with Gasteiger partial charge in [0.1, 0.15) is 5.75 Å². The Morgan fingerprint density at radius 3 is 2.23 bits per heavy atom. The third-order valence-corrected chi connectivity index (χ3v) is 5.18. The summed E-state index contributed by atoms with van der Waals surface area (Å²) in [5, 5.41) is 24.6. The fourth-order valence-corrected chi connectivity index (χ4v) is 3.24. The second-order valence-corrected chi connectivity index (χ2v) is 8.12. The second kappa shape index (κ2) is 16.3. The largest absolute Gasteiger partial charge is 0.504 e. The van der Waals surface area contributed by atoms with E-state index in [1.165, 1.54) is 0 Å². The zero-order valence-corrected chi connectivity index (χ0v) is 24.3. The number of aromatic hydroxyl groups is 1. The van der Waals surface area contributed by atoms with Gasteiger partial charge in [-0.25, -0.2) is 0 Å². The van der Waals surface area contributed by atoms with E-state index in [9.17, 15) is 5.11 Å². The van der Waals surface area contributed by atoms with Gasteiger partial charge in [0.2, 0.25) is 0 Å². The van der Waals surface area contributed by atoms with Crippen LogP contribution in [0.5, 0.6) is 17.2 Å². The summed E-state index contributed by atoms with van der Waals surface area (Å²) < 4.78 is 11.7. The van der Waals surface area contributed by atoms with Crippen molar-refractivity contribution in [2.75, 3.05) is 13.2 Å². The SMILES string of the molecule is CCCCCOc1cc(CC)c(OCCCCCC(C)(C)c2nn[nH]n2)cc1O.[Na].[Na]. The smallest absolute Gasteiger partial charge is 0.180 e. The number of rotatable bonds is 14. The molecular weight excluding hydrogens is 414 g/mol. The van der Waals surface area contributed by atoms with Gasteiger partial charge in [-0.3, -0.25) is 0 Å². The molecule has 0 saturated heterocycles. The van der Waals surface area contributed by atoms with Gasteiger partial charge < -0.3 is 14.6 Å². The molecule has 9 heteroatoms. The van der Waals surface area contributed by atoms with E-state index in [2.05, 4.69) is 48.3 Å². The van der Waals surface area contributed by atoms with Gasteiger partial charge in [0, 0.05) is 70.6 Å². The molecule has 0 fully saturated rings. The summed E-state index contributed by atoms with van der Waals surface area (Å²) in [6.07, 6.45) is 8.21. The molecule has 0 aliphatic rings. The summed E-state index contributed by atoms with van der Waals surface area (Å²) in [4.78, 5) is 0. The summed E-state index contributed by atoms with van der Waals surface area (Å²) >= 11 is 0. The second-order valence-electron chi connectivity index (χ2n) is 8.12. The van der Waals surface area contributed by atoms with Crippen LogP contribution in [0.4, 0.5) is 0 Å². The van der Waals surface area contributed by atoms with Crippen molar-refractivity contribution >= 4 is 59.1 Å². The summed E-state index contributed by atoms with van der Waals surface area (Å²) in [7, 11) is 0. The maximum absolute atomic E-state index is 10.3. The molecule has 1 heterocycles. The number of nitrogens with one attached hydrogen (secondary N) is 1. The first-order valence-corrected chi connectivity index (χ1v) is 10.8. The van der Waals surface area contributed by atoms with Gasteiger partial charge >= 0.3 is 0 Å². The molecule has 0 amide bonds. The van der Waals surface area contributed by atoms with Gasteiger partial charge in [0.15, 0.2) is 17.3 Å². The minimum atomic E-state index is -0.0814. The van der Waals surface area contributed by atoms with E-state index in [0.717, 1.165) is 68.5 Å². The van der Waals surface area contributed by atoms with Crippen molar-refractivity contribution in [1.82, 2.24) is 20.6 Å². The monoisotopic (exact) mass is 450 g/mol. The molecular formula is C22H36N4Na2O3. The molecule has 7 nitrogen and oxygen atoms in total. The Bertz CT molecular complexity index is 728. The number of H-pyrrole nitrogens is 1. The third kappa shape index (κ3) is 10.4. The Kier molecular flexibility index (Phi) is 16.2. The Hall–Kier alpha value is -0.310. The fraction of sp³-hybridized carbons (Fsp3) is 0.682. The first-order chi connectivity index (χ1) is 14.0. The number of nitrogens with zero attached hydrogens (tertiary/aromatic N) is 3. The van der Waals surface area contributed by atoms with E-state index in [-0.39, 0.29) is 70.3 Å². The van der Waals surface area contributed by atoms with E-state index in [1.54, 1.807) is 6.07 Å². The van der Waals surface area contributed by atoms with Gasteiger partial charge in [0.05, 0.1) is 13.2 Å². The molecule has 2 rings (SSSR count). The van der Waals surface area contributed by atoms with Gasteiger partial charge in [-0.15, -0.1) is 10.2 Å². The van der Waals surface area contributed by atoms with Gasteiger partial charge in [0.25, 0.3) is 0 Å². The van der Waals surface area contributed by atoms with Crippen molar-refractivity contribution in [3.8, 4) is 17.2 Å². The predicted octanol–water partition coefficient (Wildman–Crippen LogP) is 4.19. The number of tetrazole rings is 1. The Morgan fingerprint density at radius 1 is 0.935 bits per heavy atom. The van der Waals surface area contributed by atoms with E-state index in [4.69, 9.17) is 9.47 Å². The number of unbranched alkanes of at least 4 members (excludes halogenated alkanes) is 4. The van der Waals surface area contributed by atoms with Crippen molar-refractivity contribution in [2.45, 2.75) is 84.5 Å². The molecule has 2 radical (unpaired) electrons. The number of hydrogen-bond donors (Lipinski definition) is 2. The van der Waals surface area contributed by atoms with Crippen LogP contribution in [-0.2, 0) is 11.8 Å². The summed E-state index contributed by atoms with van der Waals surface area (Å²) in [5.41, 5.74) is 0.980. The molecule has 2 N–H and O–H groups in total. The molecule has 0 spiro atoms. The van der Waals surface area contributed by atoms with Crippen LogP contribution >= 0.6 is 0 Å². The predicted molar refractivity (Wildman–Crippen MR) is 125 cm³/mol. The van der Waals surface area contributed by atoms with Crippen LogP contribution in [-0.4, -0.2) is 98.1 Å². The molecule has 1 aromatic heterocycles. The molecule has 0 aliphatic heterocycles. The molecule has 0 atom stereocenters. The van der Waals surface area contributed by atoms with Crippen LogP contribution in [0.25, 0.3) is 0 Å². The van der Waals surface area contributed by atoms with E-state index >= 15 is 0 Å². The molecule has 0 unspecified atom stereocenters. The molecule has 0 bridgehead atoms. The van der Waals surface area contributed by atoms with Crippen molar-refractivity contribution in [1.29, 1.82) is 0 Å². The number of ether oxygens (including phenoxy) is 2. The number of benzene rings is 1. The normalized spacial score (nSPS) is 10.8. The van der Waals surface area contributed by atoms with E-state index in [1.807, 2.05) is 6.07 Å². The van der Waals surface area contributed by atoms with E-state index in [0.29, 0.717) is 19.0 Å². The minimum Gasteiger partial charge on any atom is -0.504 e. The zero-order chi connectivity index (χ0) is 21.1. The van der Waals surface area contributed by atoms with Crippen LogP contribution < -0.4 is 9.47 Å². The van der Waals surface area contributed by atoms with Crippen molar-refractivity contribution in [2.24, 2.45) is 0 Å². The first kappa shape index (κ1) is 30.7. The first-order valence-electron chi connectivity index (χ1n) is 10.8. The van der Waals surface area contributed by atoms with Crippen LogP contribution in [0.3, 0.4) is 0 Å². The number of phenolic OH excluding ortho intramolecular Hbond substituents is 1. The number of phenols is 1. The minimum absolute atomic E-state index is 0. The third-order valence-electron chi connectivity index (χ3n) is 5.18. The Morgan fingerprint density at radius 2 is 1.61 bits per heavy atom. The topological polar surface area (TPSA) is 93.2 Å². The van der Waals surface area contributed by atoms with Gasteiger partial charge in [-0.05, 0) is 37.3 Å². The molecule has 0 aliphatic carbocycles. The summed E-state index contributed by atoms with van der Waals surface area (Å²) in [5.74, 6) is 2.21. The summed E-state index contributed by atoms with van der Waals surface area (Å²) in [6.45, 7) is 9.78. The van der Waals surface area contributed by atoms with Crippen LogP contribution in [0, 0.1) is 0 Å². The van der Waals surface area contributed by atoms with Gasteiger partial charge in [-0.1, -0.05) is 58.6 Å². The number of aryl methyl sites for hydroxylation is 1. The van der Waals surface area contributed by atoms with Crippen LogP contribution in [0.2, 0.25) is 0 Å². The average Bonchev–Trinajstić information content (AvgIpc) is 3.25. The Balaban J connectivity index is 0.00000450. The van der Waals surface area contributed by atoms with Crippen molar-refractivity contribution in [3.05, 3.63) is 23.5 Å². The standard InChI is InChI=1S/C22H36N4O3.2Na/c1-5-7-10-13-29-20-15-17(6-2)19(16-18(20)27)28-14-11-8-9-12-22(3,4)21-23-25-26-24-21;;/h15-16,27H,5-14H2,1-4H3,(H,23,24,25,26);;.